The van der Waals surface area contributed by atoms with E-state index < -0.39 is 0 Å². The number of nitrogens with one attached hydrogen (secondary N) is 1. The van der Waals surface area contributed by atoms with Crippen molar-refractivity contribution in [3.05, 3.63) is 71.2 Å². The lowest BCUT2D eigenvalue weighted by Crippen LogP contribution is -2.21. The van der Waals surface area contributed by atoms with Crippen molar-refractivity contribution >= 4 is 10.8 Å². The van der Waals surface area contributed by atoms with Gasteiger partial charge in [-0.1, -0.05) is 37.3 Å². The van der Waals surface area contributed by atoms with E-state index >= 15 is 0 Å². The maximum Gasteiger partial charge on any atom is 0.125 e. The number of hydrogen-bond donors (Lipinski definition) is 1. The van der Waals surface area contributed by atoms with E-state index in [2.05, 4.69) is 48.6 Å². The van der Waals surface area contributed by atoms with Gasteiger partial charge in [-0.3, -0.25) is 0 Å². The molecule has 0 fully saturated rings. The van der Waals surface area contributed by atoms with Crippen molar-refractivity contribution in [1.29, 1.82) is 0 Å². The number of rotatable bonds is 4. The summed E-state index contributed by atoms with van der Waals surface area (Å²) in [5, 5.41) is 6.39. The highest BCUT2D eigenvalue weighted by Gasteiger charge is 2.22. The van der Waals surface area contributed by atoms with Crippen molar-refractivity contribution in [2.45, 2.75) is 25.8 Å². The standard InChI is InChI=1S/C19H19NO/c1-2-20-19(17-7-4-12-21-17)16-11-10-14-9-8-13-5-3-6-15(16)18(13)14/h3-7,10-12,19-20H,2,8-9H2,1H3. The summed E-state index contributed by atoms with van der Waals surface area (Å²) >= 11 is 0. The van der Waals surface area contributed by atoms with Gasteiger partial charge in [0.25, 0.3) is 0 Å². The molecule has 0 amide bonds. The highest BCUT2D eigenvalue weighted by molar-refractivity contribution is 5.93. The van der Waals surface area contributed by atoms with Gasteiger partial charge < -0.3 is 9.73 Å². The molecule has 0 radical (unpaired) electrons. The second-order valence-corrected chi connectivity index (χ2v) is 5.66. The van der Waals surface area contributed by atoms with Crippen LogP contribution in [-0.2, 0) is 12.8 Å². The fourth-order valence-corrected chi connectivity index (χ4v) is 3.54. The van der Waals surface area contributed by atoms with E-state index in [4.69, 9.17) is 4.42 Å². The first-order valence-corrected chi connectivity index (χ1v) is 7.68. The van der Waals surface area contributed by atoms with Crippen LogP contribution in [0.2, 0.25) is 0 Å². The molecular weight excluding hydrogens is 258 g/mol. The van der Waals surface area contributed by atoms with Crippen LogP contribution in [0.1, 0.15) is 35.4 Å². The minimum absolute atomic E-state index is 0.120. The van der Waals surface area contributed by atoms with Crippen molar-refractivity contribution < 1.29 is 4.42 Å². The Balaban J connectivity index is 1.93. The lowest BCUT2D eigenvalue weighted by Gasteiger charge is -2.19. The van der Waals surface area contributed by atoms with Crippen molar-refractivity contribution in [2.75, 3.05) is 6.54 Å². The second-order valence-electron chi connectivity index (χ2n) is 5.66. The molecule has 0 aliphatic heterocycles. The Bertz CT molecular complexity index is 763. The minimum Gasteiger partial charge on any atom is -0.467 e. The molecule has 2 heteroatoms. The smallest absolute Gasteiger partial charge is 0.125 e. The van der Waals surface area contributed by atoms with Gasteiger partial charge in [-0.25, -0.2) is 0 Å². The monoisotopic (exact) mass is 277 g/mol. The van der Waals surface area contributed by atoms with E-state index in [1.165, 1.54) is 40.3 Å². The average molecular weight is 277 g/mol. The fraction of sp³-hybridized carbons (Fsp3) is 0.263. The molecule has 1 aliphatic rings. The molecule has 1 atom stereocenters. The first-order valence-electron chi connectivity index (χ1n) is 7.68. The van der Waals surface area contributed by atoms with E-state index in [1.54, 1.807) is 6.26 Å². The maximum absolute atomic E-state index is 5.67. The predicted octanol–water partition coefficient (Wildman–Crippen LogP) is 4.23. The SMILES string of the molecule is CCNC(c1ccco1)c1ccc2c3c(cccc13)CC2. The zero-order chi connectivity index (χ0) is 14.2. The third-order valence-electron chi connectivity index (χ3n) is 4.46. The Morgan fingerprint density at radius 2 is 1.90 bits per heavy atom. The van der Waals surface area contributed by atoms with Crippen LogP contribution in [0.3, 0.4) is 0 Å². The van der Waals surface area contributed by atoms with Crippen LogP contribution >= 0.6 is 0 Å². The molecule has 1 aromatic heterocycles. The zero-order valence-electron chi connectivity index (χ0n) is 12.2. The molecule has 1 heterocycles. The Morgan fingerprint density at radius 1 is 1.05 bits per heavy atom. The van der Waals surface area contributed by atoms with E-state index in [-0.39, 0.29) is 6.04 Å². The van der Waals surface area contributed by atoms with Gasteiger partial charge in [-0.2, -0.15) is 0 Å². The van der Waals surface area contributed by atoms with Gasteiger partial charge in [-0.05, 0) is 59.0 Å². The molecule has 1 aliphatic carbocycles. The first-order chi connectivity index (χ1) is 10.4. The van der Waals surface area contributed by atoms with Crippen molar-refractivity contribution in [3.8, 4) is 0 Å². The summed E-state index contributed by atoms with van der Waals surface area (Å²) in [6.45, 7) is 3.05. The molecule has 2 nitrogen and oxygen atoms in total. The van der Waals surface area contributed by atoms with Crippen molar-refractivity contribution in [2.24, 2.45) is 0 Å². The number of benzene rings is 2. The molecule has 0 bridgehead atoms. The predicted molar refractivity (Wildman–Crippen MR) is 85.6 cm³/mol. The first kappa shape index (κ1) is 12.7. The quantitative estimate of drug-likeness (QED) is 0.772. The molecule has 0 spiro atoms. The largest absolute Gasteiger partial charge is 0.467 e. The third kappa shape index (κ3) is 1.98. The molecule has 2 aromatic carbocycles. The Morgan fingerprint density at radius 3 is 2.67 bits per heavy atom. The number of hydrogen-bond acceptors (Lipinski definition) is 2. The third-order valence-corrected chi connectivity index (χ3v) is 4.46. The van der Waals surface area contributed by atoms with Crippen LogP contribution in [0.15, 0.2) is 53.1 Å². The van der Waals surface area contributed by atoms with Gasteiger partial charge in [0.2, 0.25) is 0 Å². The molecule has 1 unspecified atom stereocenters. The molecule has 3 aromatic rings. The number of aryl methyl sites for hydroxylation is 2. The highest BCUT2D eigenvalue weighted by Crippen LogP contribution is 2.36. The summed E-state index contributed by atoms with van der Waals surface area (Å²) in [4.78, 5) is 0. The lowest BCUT2D eigenvalue weighted by atomic mass is 9.94. The van der Waals surface area contributed by atoms with Gasteiger partial charge >= 0.3 is 0 Å². The minimum atomic E-state index is 0.120. The van der Waals surface area contributed by atoms with E-state index in [9.17, 15) is 0 Å². The summed E-state index contributed by atoms with van der Waals surface area (Å²) in [5.41, 5.74) is 4.28. The lowest BCUT2D eigenvalue weighted by molar-refractivity contribution is 0.453. The topological polar surface area (TPSA) is 25.2 Å². The Hall–Kier alpha value is -2.06. The molecule has 21 heavy (non-hydrogen) atoms. The van der Waals surface area contributed by atoms with E-state index in [0.29, 0.717) is 0 Å². The van der Waals surface area contributed by atoms with Crippen molar-refractivity contribution in [3.63, 3.8) is 0 Å². The molecule has 4 rings (SSSR count). The van der Waals surface area contributed by atoms with Gasteiger partial charge in [0.15, 0.2) is 0 Å². The zero-order valence-corrected chi connectivity index (χ0v) is 12.2. The summed E-state index contributed by atoms with van der Waals surface area (Å²) in [6, 6.07) is 15.4. The summed E-state index contributed by atoms with van der Waals surface area (Å²) in [7, 11) is 0. The molecule has 0 saturated heterocycles. The van der Waals surface area contributed by atoms with Gasteiger partial charge in [0.05, 0.1) is 12.3 Å². The second kappa shape index (κ2) is 5.05. The van der Waals surface area contributed by atoms with Crippen LogP contribution in [0.25, 0.3) is 10.8 Å². The normalized spacial score (nSPS) is 14.7. The Kier molecular flexibility index (Phi) is 3.04. The average Bonchev–Trinajstić information content (AvgIpc) is 3.17. The van der Waals surface area contributed by atoms with Gasteiger partial charge in [0.1, 0.15) is 5.76 Å². The van der Waals surface area contributed by atoms with E-state index in [1.807, 2.05) is 6.07 Å². The van der Waals surface area contributed by atoms with Crippen LogP contribution in [0.4, 0.5) is 0 Å². The van der Waals surface area contributed by atoms with Gasteiger partial charge in [-0.15, -0.1) is 0 Å². The molecule has 1 N–H and O–H groups in total. The number of furan rings is 1. The van der Waals surface area contributed by atoms with Crippen LogP contribution in [0.5, 0.6) is 0 Å². The Labute approximate surface area is 124 Å². The summed E-state index contributed by atoms with van der Waals surface area (Å²) in [6.07, 6.45) is 4.09. The van der Waals surface area contributed by atoms with Gasteiger partial charge in [0, 0.05) is 0 Å². The summed E-state index contributed by atoms with van der Waals surface area (Å²) < 4.78 is 5.67. The van der Waals surface area contributed by atoms with E-state index in [0.717, 1.165) is 12.3 Å². The fourth-order valence-electron chi connectivity index (χ4n) is 3.54. The molecular formula is C19H19NO. The highest BCUT2D eigenvalue weighted by atomic mass is 16.3. The van der Waals surface area contributed by atoms with Crippen LogP contribution < -0.4 is 5.32 Å². The van der Waals surface area contributed by atoms with Crippen molar-refractivity contribution in [1.82, 2.24) is 5.32 Å². The summed E-state index contributed by atoms with van der Waals surface area (Å²) in [5.74, 6) is 0.982. The molecule has 0 saturated carbocycles. The maximum atomic E-state index is 5.67. The molecule has 106 valence electrons. The van der Waals surface area contributed by atoms with Crippen LogP contribution in [0, 0.1) is 0 Å². The van der Waals surface area contributed by atoms with Crippen LogP contribution in [-0.4, -0.2) is 6.54 Å².